The van der Waals surface area contributed by atoms with Crippen molar-refractivity contribution in [3.63, 3.8) is 0 Å². The van der Waals surface area contributed by atoms with E-state index in [0.717, 1.165) is 28.5 Å². The van der Waals surface area contributed by atoms with Crippen molar-refractivity contribution in [3.8, 4) is 0 Å². The fraction of sp³-hybridized carbons (Fsp3) is 0.545. The highest BCUT2D eigenvalue weighted by atomic mass is 79.9. The summed E-state index contributed by atoms with van der Waals surface area (Å²) in [7, 11) is 0. The predicted molar refractivity (Wildman–Crippen MR) is 130 cm³/mol. The maximum Gasteiger partial charge on any atom is 0.433 e. The SMILES string of the molecule is CC(C)(C)OC(=O)N[C@H](CN(C(=O)O)c1nc(Br)cs1)C(c1ccc(C(F)(F)F)nc1)C(C)(C)C. The van der Waals surface area contributed by atoms with Gasteiger partial charge in [0.1, 0.15) is 15.9 Å². The molecule has 0 aliphatic carbocycles. The topological polar surface area (TPSA) is 105 Å². The monoisotopic (exact) mass is 580 g/mol. The van der Waals surface area contributed by atoms with E-state index in [9.17, 15) is 27.9 Å². The standard InChI is InChI=1S/C22H28BrF3N4O4S/c1-20(2,3)16(12-7-8-14(27-9-12)22(24,25)26)13(28-18(31)34-21(4,5)6)10-30(19(32)33)17-29-15(23)11-35-17/h7-9,11,13,16H,10H2,1-6H3,(H,28,31)(H,32,33)/t13-,16?/m1/s1. The smallest absolute Gasteiger partial charge is 0.433 e. The predicted octanol–water partition coefficient (Wildman–Crippen LogP) is 6.53. The lowest BCUT2D eigenvalue weighted by Gasteiger charge is -2.39. The number of pyridine rings is 1. The Kier molecular flexibility index (Phi) is 8.80. The molecule has 2 aromatic rings. The maximum atomic E-state index is 13.1. The summed E-state index contributed by atoms with van der Waals surface area (Å²) in [5.41, 5.74) is -2.11. The molecular weight excluding hydrogens is 553 g/mol. The van der Waals surface area contributed by atoms with Crippen LogP contribution in [0.5, 0.6) is 0 Å². The summed E-state index contributed by atoms with van der Waals surface area (Å²) in [6.07, 6.45) is -5.60. The lowest BCUT2D eigenvalue weighted by molar-refractivity contribution is -0.141. The number of nitrogens with one attached hydrogen (secondary N) is 1. The minimum absolute atomic E-state index is 0.165. The number of alkyl carbamates (subject to hydrolysis) is 1. The summed E-state index contributed by atoms with van der Waals surface area (Å²) >= 11 is 4.28. The zero-order chi connectivity index (χ0) is 26.8. The largest absolute Gasteiger partial charge is 0.465 e. The number of aromatic nitrogens is 2. The Morgan fingerprint density at radius 3 is 2.23 bits per heavy atom. The van der Waals surface area contributed by atoms with Crippen molar-refractivity contribution in [2.75, 3.05) is 11.4 Å². The molecule has 0 fully saturated rings. The van der Waals surface area contributed by atoms with Gasteiger partial charge < -0.3 is 15.2 Å². The molecule has 2 atom stereocenters. The molecule has 2 amide bonds. The number of carboxylic acid groups (broad SMARTS) is 1. The van der Waals surface area contributed by atoms with Gasteiger partial charge in [0, 0.05) is 17.5 Å². The zero-order valence-electron chi connectivity index (χ0n) is 20.1. The molecule has 2 aromatic heterocycles. The van der Waals surface area contributed by atoms with E-state index < -0.39 is 47.0 Å². The van der Waals surface area contributed by atoms with Gasteiger partial charge in [0.05, 0.1) is 12.6 Å². The van der Waals surface area contributed by atoms with E-state index in [-0.39, 0.29) is 11.7 Å². The van der Waals surface area contributed by atoms with Crippen LogP contribution in [0.25, 0.3) is 0 Å². The van der Waals surface area contributed by atoms with Crippen molar-refractivity contribution in [1.29, 1.82) is 0 Å². The molecule has 2 rings (SSSR count). The fourth-order valence-corrected chi connectivity index (χ4v) is 4.84. The zero-order valence-corrected chi connectivity index (χ0v) is 22.5. The van der Waals surface area contributed by atoms with E-state index in [1.165, 1.54) is 6.07 Å². The van der Waals surface area contributed by atoms with Crippen LogP contribution >= 0.6 is 27.3 Å². The molecule has 13 heteroatoms. The van der Waals surface area contributed by atoms with Gasteiger partial charge in [-0.25, -0.2) is 14.6 Å². The van der Waals surface area contributed by atoms with E-state index in [1.54, 1.807) is 26.2 Å². The van der Waals surface area contributed by atoms with Gasteiger partial charge >= 0.3 is 18.4 Å². The molecular formula is C22H28BrF3N4O4S. The molecule has 0 spiro atoms. The van der Waals surface area contributed by atoms with Gasteiger partial charge in [-0.05, 0) is 53.7 Å². The van der Waals surface area contributed by atoms with Crippen LogP contribution in [0.15, 0.2) is 28.3 Å². The van der Waals surface area contributed by atoms with E-state index >= 15 is 0 Å². The van der Waals surface area contributed by atoms with Crippen LogP contribution in [0.4, 0.5) is 27.9 Å². The molecule has 0 bridgehead atoms. The highest BCUT2D eigenvalue weighted by molar-refractivity contribution is 9.10. The molecule has 0 aliphatic rings. The third kappa shape index (κ3) is 8.34. The normalized spacial score (nSPS) is 14.2. The van der Waals surface area contributed by atoms with Crippen molar-refractivity contribution in [2.45, 2.75) is 65.3 Å². The average Bonchev–Trinajstić information content (AvgIpc) is 3.08. The molecule has 2 heterocycles. The highest BCUT2D eigenvalue weighted by Crippen LogP contribution is 2.39. The van der Waals surface area contributed by atoms with E-state index in [0.29, 0.717) is 10.2 Å². The van der Waals surface area contributed by atoms with Gasteiger partial charge in [-0.15, -0.1) is 11.3 Å². The third-order valence-corrected chi connectivity index (χ3v) is 6.35. The first-order valence-corrected chi connectivity index (χ1v) is 12.2. The third-order valence-electron chi connectivity index (χ3n) is 4.78. The van der Waals surface area contributed by atoms with Gasteiger partial charge in [0.15, 0.2) is 5.13 Å². The molecule has 35 heavy (non-hydrogen) atoms. The number of rotatable bonds is 6. The fourth-order valence-electron chi connectivity index (χ4n) is 3.59. The number of halogens is 4. The first-order valence-electron chi connectivity index (χ1n) is 10.5. The maximum absolute atomic E-state index is 13.1. The number of hydrogen-bond donors (Lipinski definition) is 2. The number of thiazole rings is 1. The molecule has 0 aliphatic heterocycles. The Hall–Kier alpha value is -2.41. The van der Waals surface area contributed by atoms with Crippen LogP contribution in [0.3, 0.4) is 0 Å². The molecule has 2 N–H and O–H groups in total. The molecule has 0 saturated carbocycles. The number of hydrogen-bond acceptors (Lipinski definition) is 6. The molecule has 1 unspecified atom stereocenters. The van der Waals surface area contributed by atoms with Crippen LogP contribution in [0, 0.1) is 5.41 Å². The number of alkyl halides is 3. The Morgan fingerprint density at radius 2 is 1.83 bits per heavy atom. The summed E-state index contributed by atoms with van der Waals surface area (Å²) in [6, 6.07) is 1.26. The van der Waals surface area contributed by atoms with E-state index in [4.69, 9.17) is 4.74 Å². The summed E-state index contributed by atoms with van der Waals surface area (Å²) in [6.45, 7) is 10.3. The van der Waals surface area contributed by atoms with Crippen molar-refractivity contribution >= 4 is 44.6 Å². The summed E-state index contributed by atoms with van der Waals surface area (Å²) in [4.78, 5) is 33.5. The van der Waals surface area contributed by atoms with Gasteiger partial charge in [-0.1, -0.05) is 26.8 Å². The quantitative estimate of drug-likeness (QED) is 0.402. The van der Waals surface area contributed by atoms with Gasteiger partial charge in [-0.2, -0.15) is 13.2 Å². The first-order chi connectivity index (χ1) is 15.9. The number of carbonyl (C=O) groups is 2. The minimum atomic E-state index is -4.61. The van der Waals surface area contributed by atoms with Gasteiger partial charge in [-0.3, -0.25) is 9.88 Å². The lowest BCUT2D eigenvalue weighted by Crippen LogP contribution is -2.52. The second-order valence-corrected chi connectivity index (χ2v) is 11.6. The Balaban J connectivity index is 2.54. The van der Waals surface area contributed by atoms with Crippen LogP contribution in [0.2, 0.25) is 0 Å². The lowest BCUT2D eigenvalue weighted by atomic mass is 9.72. The van der Waals surface area contributed by atoms with Crippen LogP contribution in [0.1, 0.15) is 58.7 Å². The molecule has 194 valence electrons. The molecule has 0 saturated heterocycles. The van der Waals surface area contributed by atoms with Gasteiger partial charge in [0.25, 0.3) is 0 Å². The number of carbonyl (C=O) groups excluding carboxylic acids is 1. The summed E-state index contributed by atoms with van der Waals surface area (Å²) < 4.78 is 45.1. The average molecular weight is 581 g/mol. The number of anilines is 1. The number of amides is 2. The number of nitrogens with zero attached hydrogens (tertiary/aromatic N) is 3. The highest BCUT2D eigenvalue weighted by Gasteiger charge is 2.39. The second kappa shape index (κ2) is 10.7. The van der Waals surface area contributed by atoms with Crippen molar-refractivity contribution in [3.05, 3.63) is 39.6 Å². The summed E-state index contributed by atoms with van der Waals surface area (Å²) in [5, 5.41) is 14.4. The minimum Gasteiger partial charge on any atom is -0.465 e. The van der Waals surface area contributed by atoms with Crippen molar-refractivity contribution in [2.24, 2.45) is 5.41 Å². The molecule has 0 aromatic carbocycles. The Bertz CT molecular complexity index is 1030. The Labute approximate surface area is 214 Å². The molecule has 8 nitrogen and oxygen atoms in total. The number of ether oxygens (including phenoxy) is 1. The summed E-state index contributed by atoms with van der Waals surface area (Å²) in [5.74, 6) is -0.643. The first kappa shape index (κ1) is 28.8. The van der Waals surface area contributed by atoms with Crippen LogP contribution in [-0.4, -0.2) is 45.4 Å². The van der Waals surface area contributed by atoms with Crippen molar-refractivity contribution < 1.29 is 32.6 Å². The van der Waals surface area contributed by atoms with E-state index in [2.05, 4.69) is 31.2 Å². The second-order valence-electron chi connectivity index (χ2n) is 9.92. The Morgan fingerprint density at radius 1 is 1.20 bits per heavy atom. The van der Waals surface area contributed by atoms with Crippen LogP contribution < -0.4 is 10.2 Å². The van der Waals surface area contributed by atoms with Gasteiger partial charge in [0.2, 0.25) is 0 Å². The molecule has 0 radical (unpaired) electrons. The van der Waals surface area contributed by atoms with Crippen LogP contribution in [-0.2, 0) is 10.9 Å². The van der Waals surface area contributed by atoms with E-state index in [1.807, 2.05) is 20.8 Å². The van der Waals surface area contributed by atoms with Crippen molar-refractivity contribution in [1.82, 2.24) is 15.3 Å².